The molecule has 98 valence electrons. The number of hydrogen-bond acceptors (Lipinski definition) is 3. The van der Waals surface area contributed by atoms with Gasteiger partial charge in [0.05, 0.1) is 11.9 Å². The van der Waals surface area contributed by atoms with Crippen LogP contribution in [0, 0.1) is 0 Å². The van der Waals surface area contributed by atoms with Crippen LogP contribution in [-0.4, -0.2) is 41.0 Å². The molecule has 5 heteroatoms. The summed E-state index contributed by atoms with van der Waals surface area (Å²) >= 11 is 3.45. The van der Waals surface area contributed by atoms with Crippen molar-refractivity contribution in [3.05, 3.63) is 22.9 Å². The Labute approximate surface area is 116 Å². The lowest BCUT2D eigenvalue weighted by Crippen LogP contribution is -2.58. The molecule has 0 bridgehead atoms. The van der Waals surface area contributed by atoms with Gasteiger partial charge in [-0.25, -0.2) is 0 Å². The highest BCUT2D eigenvalue weighted by molar-refractivity contribution is 9.10. The van der Waals surface area contributed by atoms with E-state index in [2.05, 4.69) is 45.7 Å². The average Bonchev–Trinajstić information content (AvgIpc) is 2.27. The molecule has 1 saturated heterocycles. The SMILES string of the molecule is CC(=O)N1CC(C)N(c2cncc(Br)c2)C(C)C1. The van der Waals surface area contributed by atoms with E-state index in [0.717, 1.165) is 23.2 Å². The van der Waals surface area contributed by atoms with E-state index in [9.17, 15) is 4.79 Å². The number of pyridine rings is 1. The minimum atomic E-state index is 0.153. The average molecular weight is 312 g/mol. The molecule has 2 rings (SSSR count). The largest absolute Gasteiger partial charge is 0.361 e. The number of carbonyl (C=O) groups is 1. The molecule has 2 heterocycles. The van der Waals surface area contributed by atoms with Crippen molar-refractivity contribution in [1.29, 1.82) is 0 Å². The van der Waals surface area contributed by atoms with Gasteiger partial charge in [0.25, 0.3) is 0 Å². The van der Waals surface area contributed by atoms with Crippen molar-refractivity contribution in [2.45, 2.75) is 32.9 Å². The van der Waals surface area contributed by atoms with E-state index in [1.807, 2.05) is 11.1 Å². The topological polar surface area (TPSA) is 36.4 Å². The number of aromatic nitrogens is 1. The monoisotopic (exact) mass is 311 g/mol. The molecule has 1 aromatic rings. The Bertz CT molecular complexity index is 440. The van der Waals surface area contributed by atoms with Crippen LogP contribution in [0.1, 0.15) is 20.8 Å². The van der Waals surface area contributed by atoms with Crippen molar-refractivity contribution < 1.29 is 4.79 Å². The summed E-state index contributed by atoms with van der Waals surface area (Å²) in [6.45, 7) is 7.47. The van der Waals surface area contributed by atoms with Crippen molar-refractivity contribution in [2.24, 2.45) is 0 Å². The Morgan fingerprint density at radius 1 is 1.33 bits per heavy atom. The number of anilines is 1. The molecule has 1 aliphatic heterocycles. The van der Waals surface area contributed by atoms with E-state index < -0.39 is 0 Å². The van der Waals surface area contributed by atoms with Crippen LogP contribution in [0.25, 0.3) is 0 Å². The lowest BCUT2D eigenvalue weighted by Gasteiger charge is -2.45. The predicted octanol–water partition coefficient (Wildman–Crippen LogP) is 2.29. The van der Waals surface area contributed by atoms with Gasteiger partial charge in [0.1, 0.15) is 0 Å². The first kappa shape index (κ1) is 13.3. The van der Waals surface area contributed by atoms with Gasteiger partial charge in [-0.05, 0) is 35.8 Å². The second-order valence-corrected chi connectivity index (χ2v) is 5.81. The summed E-state index contributed by atoms with van der Waals surface area (Å²) in [5.41, 5.74) is 1.10. The maximum absolute atomic E-state index is 11.5. The number of carbonyl (C=O) groups excluding carboxylic acids is 1. The zero-order valence-electron chi connectivity index (χ0n) is 10.9. The lowest BCUT2D eigenvalue weighted by atomic mass is 10.1. The molecule has 1 amide bonds. The molecule has 1 aliphatic rings. The molecule has 0 N–H and O–H groups in total. The summed E-state index contributed by atoms with van der Waals surface area (Å²) in [5, 5.41) is 0. The van der Waals surface area contributed by atoms with Crippen LogP contribution in [0.4, 0.5) is 5.69 Å². The van der Waals surface area contributed by atoms with Gasteiger partial charge < -0.3 is 9.80 Å². The highest BCUT2D eigenvalue weighted by Crippen LogP contribution is 2.26. The molecule has 0 radical (unpaired) electrons. The van der Waals surface area contributed by atoms with E-state index >= 15 is 0 Å². The highest BCUT2D eigenvalue weighted by Gasteiger charge is 2.30. The van der Waals surface area contributed by atoms with Gasteiger partial charge >= 0.3 is 0 Å². The number of piperazine rings is 1. The molecule has 0 aliphatic carbocycles. The molecule has 1 fully saturated rings. The highest BCUT2D eigenvalue weighted by atomic mass is 79.9. The molecule has 0 spiro atoms. The van der Waals surface area contributed by atoms with Crippen LogP contribution in [-0.2, 0) is 4.79 Å². The molecule has 0 aromatic carbocycles. The molecule has 0 saturated carbocycles. The third kappa shape index (κ3) is 2.66. The Kier molecular flexibility index (Phi) is 3.90. The maximum atomic E-state index is 11.5. The summed E-state index contributed by atoms with van der Waals surface area (Å²) in [6.07, 6.45) is 3.66. The van der Waals surface area contributed by atoms with Gasteiger partial charge in [-0.3, -0.25) is 9.78 Å². The standard InChI is InChI=1S/C13H18BrN3O/c1-9-7-16(11(3)18)8-10(2)17(9)13-4-12(14)5-15-6-13/h4-6,9-10H,7-8H2,1-3H3. The first-order valence-electron chi connectivity index (χ1n) is 6.13. The summed E-state index contributed by atoms with van der Waals surface area (Å²) in [7, 11) is 0. The fraction of sp³-hybridized carbons (Fsp3) is 0.538. The Morgan fingerprint density at radius 2 is 1.94 bits per heavy atom. The van der Waals surface area contributed by atoms with Crippen LogP contribution in [0.2, 0.25) is 0 Å². The third-order valence-corrected chi connectivity index (χ3v) is 3.79. The number of hydrogen-bond donors (Lipinski definition) is 0. The fourth-order valence-electron chi connectivity index (χ4n) is 2.63. The van der Waals surface area contributed by atoms with Crippen molar-refractivity contribution in [3.8, 4) is 0 Å². The summed E-state index contributed by atoms with van der Waals surface area (Å²) < 4.78 is 0.980. The second-order valence-electron chi connectivity index (χ2n) is 4.89. The normalized spacial score (nSPS) is 24.2. The number of amides is 1. The van der Waals surface area contributed by atoms with Crippen molar-refractivity contribution >= 4 is 27.5 Å². The van der Waals surface area contributed by atoms with Crippen molar-refractivity contribution in [1.82, 2.24) is 9.88 Å². The minimum Gasteiger partial charge on any atom is -0.361 e. The zero-order chi connectivity index (χ0) is 13.3. The Hall–Kier alpha value is -1.10. The van der Waals surface area contributed by atoms with Gasteiger partial charge in [-0.2, -0.15) is 0 Å². The summed E-state index contributed by atoms with van der Waals surface area (Å²) in [6, 6.07) is 2.67. The van der Waals surface area contributed by atoms with Crippen LogP contribution in [0.15, 0.2) is 22.9 Å². The smallest absolute Gasteiger partial charge is 0.219 e. The molecule has 1 aromatic heterocycles. The second kappa shape index (κ2) is 5.26. The first-order chi connectivity index (χ1) is 8.49. The molecule has 2 atom stereocenters. The van der Waals surface area contributed by atoms with E-state index in [4.69, 9.17) is 0 Å². The molecular weight excluding hydrogens is 294 g/mol. The Morgan fingerprint density at radius 3 is 2.44 bits per heavy atom. The van der Waals surface area contributed by atoms with Crippen molar-refractivity contribution in [3.63, 3.8) is 0 Å². The van der Waals surface area contributed by atoms with Crippen LogP contribution in [0.3, 0.4) is 0 Å². The van der Waals surface area contributed by atoms with Gasteiger partial charge in [0.15, 0.2) is 0 Å². The van der Waals surface area contributed by atoms with Crippen LogP contribution in [0.5, 0.6) is 0 Å². The number of rotatable bonds is 1. The lowest BCUT2D eigenvalue weighted by molar-refractivity contribution is -0.130. The molecule has 4 nitrogen and oxygen atoms in total. The van der Waals surface area contributed by atoms with Crippen LogP contribution < -0.4 is 4.90 Å². The van der Waals surface area contributed by atoms with E-state index in [1.165, 1.54) is 0 Å². The van der Waals surface area contributed by atoms with Gasteiger partial charge in [-0.15, -0.1) is 0 Å². The molecule has 2 unspecified atom stereocenters. The fourth-order valence-corrected chi connectivity index (χ4v) is 2.98. The van der Waals surface area contributed by atoms with Gasteiger partial charge in [-0.1, -0.05) is 0 Å². The quantitative estimate of drug-likeness (QED) is 0.798. The van der Waals surface area contributed by atoms with Crippen molar-refractivity contribution in [2.75, 3.05) is 18.0 Å². The predicted molar refractivity (Wildman–Crippen MR) is 75.6 cm³/mol. The zero-order valence-corrected chi connectivity index (χ0v) is 12.5. The molecule has 18 heavy (non-hydrogen) atoms. The summed E-state index contributed by atoms with van der Waals surface area (Å²) in [4.78, 5) is 19.9. The van der Waals surface area contributed by atoms with E-state index in [1.54, 1.807) is 13.1 Å². The third-order valence-electron chi connectivity index (χ3n) is 3.35. The van der Waals surface area contributed by atoms with E-state index in [0.29, 0.717) is 12.1 Å². The van der Waals surface area contributed by atoms with E-state index in [-0.39, 0.29) is 5.91 Å². The maximum Gasteiger partial charge on any atom is 0.219 e. The summed E-state index contributed by atoms with van der Waals surface area (Å²) in [5.74, 6) is 0.153. The molecular formula is C13H18BrN3O. The minimum absolute atomic E-state index is 0.153. The first-order valence-corrected chi connectivity index (χ1v) is 6.92. The van der Waals surface area contributed by atoms with Gasteiger partial charge in [0, 0.05) is 42.8 Å². The number of nitrogens with zero attached hydrogens (tertiary/aromatic N) is 3. The Balaban J connectivity index is 2.22. The number of halogens is 1. The van der Waals surface area contributed by atoms with Crippen LogP contribution >= 0.6 is 15.9 Å². The van der Waals surface area contributed by atoms with Gasteiger partial charge in [0.2, 0.25) is 5.91 Å².